The second kappa shape index (κ2) is 8.32. The predicted octanol–water partition coefficient (Wildman–Crippen LogP) is 4.30. The fourth-order valence-electron chi connectivity index (χ4n) is 4.20. The number of fused-ring (bicyclic) bond motifs is 1. The van der Waals surface area contributed by atoms with Crippen molar-refractivity contribution >= 4 is 23.0 Å². The molecule has 0 spiro atoms. The van der Waals surface area contributed by atoms with Crippen LogP contribution in [0.3, 0.4) is 0 Å². The van der Waals surface area contributed by atoms with Crippen LogP contribution in [-0.2, 0) is 6.42 Å². The molecule has 4 rings (SSSR count). The summed E-state index contributed by atoms with van der Waals surface area (Å²) in [5.41, 5.74) is 4.16. The van der Waals surface area contributed by atoms with Gasteiger partial charge in [0.25, 0.3) is 0 Å². The molecule has 26 heavy (non-hydrogen) atoms. The summed E-state index contributed by atoms with van der Waals surface area (Å²) in [4.78, 5) is 7.58. The van der Waals surface area contributed by atoms with Crippen LogP contribution in [0.15, 0.2) is 48.5 Å². The van der Waals surface area contributed by atoms with Gasteiger partial charge in [0.1, 0.15) is 0 Å². The number of halogens is 1. The fourth-order valence-corrected chi connectivity index (χ4v) is 4.45. The third kappa shape index (κ3) is 3.99. The second-order valence-corrected chi connectivity index (χ2v) is 7.76. The zero-order valence-electron chi connectivity index (χ0n) is 15.4. The van der Waals surface area contributed by atoms with E-state index in [0.29, 0.717) is 0 Å². The van der Waals surface area contributed by atoms with Gasteiger partial charge in [-0.1, -0.05) is 41.9 Å². The Kier molecular flexibility index (Phi) is 5.66. The van der Waals surface area contributed by atoms with Gasteiger partial charge in [-0.15, -0.1) is 0 Å². The maximum absolute atomic E-state index is 6.33. The summed E-state index contributed by atoms with van der Waals surface area (Å²) in [6, 6.07) is 17.1. The van der Waals surface area contributed by atoms with E-state index in [2.05, 4.69) is 51.1 Å². The number of rotatable bonds is 6. The molecule has 0 atom stereocenters. The molecule has 2 aromatic rings. The Morgan fingerprint density at radius 3 is 2.23 bits per heavy atom. The Morgan fingerprint density at radius 1 is 0.731 bits per heavy atom. The van der Waals surface area contributed by atoms with Gasteiger partial charge in [0, 0.05) is 45.0 Å². The number of benzene rings is 2. The molecule has 0 amide bonds. The molecule has 2 aliphatic heterocycles. The van der Waals surface area contributed by atoms with Gasteiger partial charge in [0.15, 0.2) is 0 Å². The molecule has 4 heteroatoms. The molecule has 2 aliphatic rings. The Hall–Kier alpha value is -1.71. The van der Waals surface area contributed by atoms with Crippen molar-refractivity contribution in [2.24, 2.45) is 0 Å². The smallest absolute Gasteiger partial charge is 0.0639 e. The first-order valence-electron chi connectivity index (χ1n) is 9.86. The minimum atomic E-state index is 0.867. The van der Waals surface area contributed by atoms with Crippen LogP contribution in [-0.4, -0.2) is 50.7 Å². The Bertz CT molecular complexity index is 725. The fraction of sp³-hybridized carbons (Fsp3) is 0.455. The molecule has 0 radical (unpaired) electrons. The number of anilines is 2. The summed E-state index contributed by atoms with van der Waals surface area (Å²) in [5.74, 6) is 0. The van der Waals surface area contributed by atoms with E-state index in [1.54, 1.807) is 0 Å². The van der Waals surface area contributed by atoms with Gasteiger partial charge in [0.05, 0.1) is 10.7 Å². The van der Waals surface area contributed by atoms with E-state index in [9.17, 15) is 0 Å². The molecule has 0 bridgehead atoms. The van der Waals surface area contributed by atoms with Gasteiger partial charge >= 0.3 is 0 Å². The minimum Gasteiger partial charge on any atom is -0.371 e. The van der Waals surface area contributed by atoms with Gasteiger partial charge in [-0.3, -0.25) is 4.90 Å². The van der Waals surface area contributed by atoms with Crippen molar-refractivity contribution in [1.29, 1.82) is 0 Å². The lowest BCUT2D eigenvalue weighted by Crippen LogP contribution is -2.46. The van der Waals surface area contributed by atoms with Crippen LogP contribution in [0, 0.1) is 0 Å². The lowest BCUT2D eigenvalue weighted by atomic mass is 10.2. The van der Waals surface area contributed by atoms with Crippen molar-refractivity contribution in [3.8, 4) is 0 Å². The first-order chi connectivity index (χ1) is 12.8. The number of hydrogen-bond acceptors (Lipinski definition) is 3. The molecule has 0 aromatic heterocycles. The van der Waals surface area contributed by atoms with Crippen molar-refractivity contribution in [2.45, 2.75) is 19.3 Å². The Balaban J connectivity index is 1.18. The summed E-state index contributed by atoms with van der Waals surface area (Å²) < 4.78 is 0. The third-order valence-electron chi connectivity index (χ3n) is 5.70. The van der Waals surface area contributed by atoms with E-state index in [0.717, 1.165) is 31.2 Å². The molecule has 0 N–H and O–H groups in total. The van der Waals surface area contributed by atoms with Crippen LogP contribution >= 0.6 is 11.6 Å². The summed E-state index contributed by atoms with van der Waals surface area (Å²) in [6.07, 6.45) is 3.77. The SMILES string of the molecule is Clc1ccccc1N1CCN(CCCCN2CCc3ccccc32)CC1. The normalized spacial score (nSPS) is 17.6. The van der Waals surface area contributed by atoms with Gasteiger partial charge in [-0.25, -0.2) is 0 Å². The molecule has 2 aromatic carbocycles. The lowest BCUT2D eigenvalue weighted by molar-refractivity contribution is 0.253. The van der Waals surface area contributed by atoms with Crippen LogP contribution < -0.4 is 9.80 Å². The van der Waals surface area contributed by atoms with E-state index in [1.807, 2.05) is 12.1 Å². The largest absolute Gasteiger partial charge is 0.371 e. The third-order valence-corrected chi connectivity index (χ3v) is 6.02. The molecule has 1 fully saturated rings. The molecule has 1 saturated heterocycles. The van der Waals surface area contributed by atoms with Crippen LogP contribution in [0.1, 0.15) is 18.4 Å². The second-order valence-electron chi connectivity index (χ2n) is 7.35. The first kappa shape index (κ1) is 17.7. The van der Waals surface area contributed by atoms with Crippen molar-refractivity contribution in [3.05, 3.63) is 59.1 Å². The average Bonchev–Trinajstić information content (AvgIpc) is 3.09. The van der Waals surface area contributed by atoms with E-state index in [1.165, 1.54) is 55.8 Å². The molecular weight excluding hydrogens is 342 g/mol. The van der Waals surface area contributed by atoms with Crippen molar-refractivity contribution < 1.29 is 0 Å². The molecule has 0 aliphatic carbocycles. The summed E-state index contributed by atoms with van der Waals surface area (Å²) in [7, 11) is 0. The number of piperazine rings is 1. The number of unbranched alkanes of at least 4 members (excludes halogenated alkanes) is 1. The van der Waals surface area contributed by atoms with Crippen LogP contribution in [0.4, 0.5) is 11.4 Å². The highest BCUT2D eigenvalue weighted by atomic mass is 35.5. The van der Waals surface area contributed by atoms with Crippen LogP contribution in [0.2, 0.25) is 5.02 Å². The van der Waals surface area contributed by atoms with E-state index in [4.69, 9.17) is 11.6 Å². The monoisotopic (exact) mass is 369 g/mol. The van der Waals surface area contributed by atoms with Crippen LogP contribution in [0.5, 0.6) is 0 Å². The lowest BCUT2D eigenvalue weighted by Gasteiger charge is -2.36. The minimum absolute atomic E-state index is 0.867. The number of para-hydroxylation sites is 2. The number of hydrogen-bond donors (Lipinski definition) is 0. The predicted molar refractivity (Wildman–Crippen MR) is 112 cm³/mol. The molecule has 0 unspecified atom stereocenters. The van der Waals surface area contributed by atoms with Crippen molar-refractivity contribution in [1.82, 2.24) is 4.90 Å². The molecule has 0 saturated carbocycles. The first-order valence-corrected chi connectivity index (χ1v) is 10.2. The molecular formula is C22H28ClN3. The maximum atomic E-state index is 6.33. The van der Waals surface area contributed by atoms with E-state index >= 15 is 0 Å². The Morgan fingerprint density at radius 2 is 1.42 bits per heavy atom. The average molecular weight is 370 g/mol. The standard InChI is InChI=1S/C22H28ClN3/c23-20-8-2-4-10-22(20)26-17-15-24(16-18-26)12-5-6-13-25-14-11-19-7-1-3-9-21(19)25/h1-4,7-10H,5-6,11-18H2. The zero-order chi connectivity index (χ0) is 17.8. The summed E-state index contributed by atoms with van der Waals surface area (Å²) >= 11 is 6.33. The van der Waals surface area contributed by atoms with Gasteiger partial charge < -0.3 is 9.80 Å². The van der Waals surface area contributed by atoms with Gasteiger partial charge in [-0.2, -0.15) is 0 Å². The highest BCUT2D eigenvalue weighted by molar-refractivity contribution is 6.33. The van der Waals surface area contributed by atoms with Crippen LogP contribution in [0.25, 0.3) is 0 Å². The van der Waals surface area contributed by atoms with Gasteiger partial charge in [0.2, 0.25) is 0 Å². The summed E-state index contributed by atoms with van der Waals surface area (Å²) in [5, 5.41) is 0.867. The molecule has 3 nitrogen and oxygen atoms in total. The quantitative estimate of drug-likeness (QED) is 0.703. The van der Waals surface area contributed by atoms with E-state index < -0.39 is 0 Å². The highest BCUT2D eigenvalue weighted by Gasteiger charge is 2.19. The van der Waals surface area contributed by atoms with E-state index in [-0.39, 0.29) is 0 Å². The van der Waals surface area contributed by atoms with Gasteiger partial charge in [-0.05, 0) is 49.6 Å². The number of nitrogens with zero attached hydrogens (tertiary/aromatic N) is 3. The highest BCUT2D eigenvalue weighted by Crippen LogP contribution is 2.28. The topological polar surface area (TPSA) is 9.72 Å². The van der Waals surface area contributed by atoms with Crippen molar-refractivity contribution in [2.75, 3.05) is 55.6 Å². The molecule has 138 valence electrons. The Labute approximate surface area is 162 Å². The maximum Gasteiger partial charge on any atom is 0.0639 e. The molecule has 2 heterocycles. The summed E-state index contributed by atoms with van der Waals surface area (Å²) in [6.45, 7) is 8.01. The zero-order valence-corrected chi connectivity index (χ0v) is 16.2. The van der Waals surface area contributed by atoms with Crippen molar-refractivity contribution in [3.63, 3.8) is 0 Å².